The Bertz CT molecular complexity index is 1050. The fourth-order valence-corrected chi connectivity index (χ4v) is 4.16. The molecule has 0 radical (unpaired) electrons. The van der Waals surface area contributed by atoms with Crippen LogP contribution in [-0.4, -0.2) is 34.3 Å². The summed E-state index contributed by atoms with van der Waals surface area (Å²) in [6.45, 7) is 1.83. The largest absolute Gasteiger partial charge is 0.486 e. The third kappa shape index (κ3) is 3.76. The number of rotatable bonds is 5. The second-order valence-electron chi connectivity index (χ2n) is 6.45. The van der Waals surface area contributed by atoms with Gasteiger partial charge in [-0.2, -0.15) is 0 Å². The van der Waals surface area contributed by atoms with Gasteiger partial charge in [0, 0.05) is 29.9 Å². The fourth-order valence-electron chi connectivity index (χ4n) is 3.06. The molecule has 6 nitrogen and oxygen atoms in total. The van der Waals surface area contributed by atoms with Crippen molar-refractivity contribution in [2.24, 2.45) is 0 Å². The van der Waals surface area contributed by atoms with Crippen LogP contribution in [-0.2, 0) is 6.42 Å². The Morgan fingerprint density at radius 1 is 1.21 bits per heavy atom. The summed E-state index contributed by atoms with van der Waals surface area (Å²) < 4.78 is 5.93. The number of hydrogen-bond acceptors (Lipinski definition) is 6. The Morgan fingerprint density at radius 3 is 2.68 bits per heavy atom. The monoisotopic (exact) mass is 413 g/mol. The molecule has 4 rings (SSSR count). The van der Waals surface area contributed by atoms with Crippen LogP contribution in [0.15, 0.2) is 43.0 Å². The molecule has 0 saturated carbocycles. The third-order valence-electron chi connectivity index (χ3n) is 4.41. The van der Waals surface area contributed by atoms with Crippen LogP contribution >= 0.6 is 22.9 Å². The zero-order chi connectivity index (χ0) is 19.7. The molecule has 3 aromatic rings. The van der Waals surface area contributed by atoms with Crippen LogP contribution in [0.4, 0.5) is 0 Å². The maximum Gasteiger partial charge on any atom is 0.261 e. The van der Waals surface area contributed by atoms with Crippen molar-refractivity contribution in [1.82, 2.24) is 15.3 Å². The van der Waals surface area contributed by atoms with Gasteiger partial charge < -0.3 is 10.1 Å². The van der Waals surface area contributed by atoms with Gasteiger partial charge in [-0.3, -0.25) is 9.59 Å². The predicted octanol–water partition coefficient (Wildman–Crippen LogP) is 3.79. The first-order chi connectivity index (χ1) is 13.5. The Kier molecular flexibility index (Phi) is 5.11. The van der Waals surface area contributed by atoms with E-state index in [-0.39, 0.29) is 17.8 Å². The first-order valence-corrected chi connectivity index (χ1v) is 9.84. The number of carbonyl (C=O) groups is 2. The van der Waals surface area contributed by atoms with Crippen molar-refractivity contribution in [2.45, 2.75) is 19.4 Å². The summed E-state index contributed by atoms with van der Waals surface area (Å²) in [6, 6.07) is 7.17. The van der Waals surface area contributed by atoms with E-state index in [1.807, 2.05) is 12.1 Å². The number of Topliss-reactive ketones (excluding diaryl/α,β-unsaturated/α-hetero) is 1. The summed E-state index contributed by atoms with van der Waals surface area (Å²) in [5.41, 5.74) is 2.79. The van der Waals surface area contributed by atoms with Gasteiger partial charge in [0.1, 0.15) is 18.2 Å². The predicted molar refractivity (Wildman–Crippen MR) is 107 cm³/mol. The van der Waals surface area contributed by atoms with Gasteiger partial charge in [0.05, 0.1) is 21.3 Å². The Balaban J connectivity index is 1.43. The van der Waals surface area contributed by atoms with E-state index in [0.717, 1.165) is 16.7 Å². The van der Waals surface area contributed by atoms with Crippen molar-refractivity contribution in [1.29, 1.82) is 0 Å². The number of aromatic nitrogens is 2. The molecule has 1 N–H and O–H groups in total. The Labute approximate surface area is 170 Å². The molecule has 8 heteroatoms. The van der Waals surface area contributed by atoms with Gasteiger partial charge in [0.2, 0.25) is 0 Å². The molecule has 28 heavy (non-hydrogen) atoms. The molecule has 1 aromatic carbocycles. The molecular weight excluding hydrogens is 398 g/mol. The van der Waals surface area contributed by atoms with Gasteiger partial charge in [-0.25, -0.2) is 9.97 Å². The maximum absolute atomic E-state index is 12.3. The van der Waals surface area contributed by atoms with Crippen LogP contribution in [0.25, 0.3) is 11.1 Å². The molecule has 0 bridgehead atoms. The van der Waals surface area contributed by atoms with Gasteiger partial charge in [-0.15, -0.1) is 11.3 Å². The Hall–Kier alpha value is -2.77. The molecular formula is C20H16ClN3O3S. The number of benzene rings is 1. The number of ketones is 1. The minimum Gasteiger partial charge on any atom is -0.486 e. The number of nitrogens with zero attached hydrogens (tertiary/aromatic N) is 2. The first kappa shape index (κ1) is 18.6. The van der Waals surface area contributed by atoms with E-state index in [1.54, 1.807) is 24.5 Å². The lowest BCUT2D eigenvalue weighted by atomic mass is 10.0. The number of carbonyl (C=O) groups excluding carboxylic acids is 2. The number of halogens is 1. The van der Waals surface area contributed by atoms with Crippen LogP contribution in [0.2, 0.25) is 5.02 Å². The highest BCUT2D eigenvalue weighted by Crippen LogP contribution is 2.39. The second kappa shape index (κ2) is 7.69. The molecule has 1 unspecified atom stereocenters. The summed E-state index contributed by atoms with van der Waals surface area (Å²) in [7, 11) is 0. The molecule has 0 aliphatic carbocycles. The highest BCUT2D eigenvalue weighted by molar-refractivity contribution is 7.15. The van der Waals surface area contributed by atoms with E-state index in [2.05, 4.69) is 15.3 Å². The van der Waals surface area contributed by atoms with Crippen molar-refractivity contribution in [3.05, 3.63) is 63.3 Å². The molecule has 1 aliphatic rings. The standard InChI is InChI=1S/C20H16ClN3O3S/c1-11(25)17-2-3-18(28-17)20(26)24-9-15-5-13-4-12(6-16(21)19(13)27-15)14-7-22-10-23-8-14/h2-4,6-8,10,15H,5,9H2,1H3,(H,24,26). The summed E-state index contributed by atoms with van der Waals surface area (Å²) >= 11 is 7.58. The summed E-state index contributed by atoms with van der Waals surface area (Å²) in [4.78, 5) is 32.8. The van der Waals surface area contributed by atoms with Crippen molar-refractivity contribution in [3.8, 4) is 16.9 Å². The summed E-state index contributed by atoms with van der Waals surface area (Å²) in [5.74, 6) is 0.384. The quantitative estimate of drug-likeness (QED) is 0.643. The maximum atomic E-state index is 12.3. The molecule has 2 aromatic heterocycles. The number of thiophene rings is 1. The van der Waals surface area contributed by atoms with Crippen LogP contribution in [0.1, 0.15) is 31.8 Å². The number of fused-ring (bicyclic) bond motifs is 1. The lowest BCUT2D eigenvalue weighted by Crippen LogP contribution is -2.34. The minimum absolute atomic E-state index is 0.0483. The topological polar surface area (TPSA) is 81.2 Å². The van der Waals surface area contributed by atoms with E-state index < -0.39 is 0 Å². The SMILES string of the molecule is CC(=O)c1ccc(C(=O)NCC2Cc3cc(-c4cncnc4)cc(Cl)c3O2)s1. The van der Waals surface area contributed by atoms with Crippen LogP contribution in [0.5, 0.6) is 5.75 Å². The van der Waals surface area contributed by atoms with Crippen molar-refractivity contribution in [2.75, 3.05) is 6.54 Å². The smallest absolute Gasteiger partial charge is 0.261 e. The number of nitrogens with one attached hydrogen (secondary N) is 1. The highest BCUT2D eigenvalue weighted by atomic mass is 35.5. The van der Waals surface area contributed by atoms with E-state index >= 15 is 0 Å². The van der Waals surface area contributed by atoms with Crippen molar-refractivity contribution >= 4 is 34.6 Å². The van der Waals surface area contributed by atoms with Crippen molar-refractivity contribution < 1.29 is 14.3 Å². The van der Waals surface area contributed by atoms with Gasteiger partial charge in [-0.1, -0.05) is 11.6 Å². The van der Waals surface area contributed by atoms with E-state index in [0.29, 0.717) is 33.5 Å². The van der Waals surface area contributed by atoms with E-state index in [9.17, 15) is 9.59 Å². The fraction of sp³-hybridized carbons (Fsp3) is 0.200. The van der Waals surface area contributed by atoms with Gasteiger partial charge >= 0.3 is 0 Å². The summed E-state index contributed by atoms with van der Waals surface area (Å²) in [6.07, 6.45) is 5.38. The summed E-state index contributed by atoms with van der Waals surface area (Å²) in [5, 5.41) is 3.39. The van der Waals surface area contributed by atoms with Gasteiger partial charge in [-0.05, 0) is 36.8 Å². The average Bonchev–Trinajstić information content (AvgIpc) is 3.34. The molecule has 1 atom stereocenters. The van der Waals surface area contributed by atoms with E-state index in [4.69, 9.17) is 16.3 Å². The zero-order valence-electron chi connectivity index (χ0n) is 14.9. The number of amides is 1. The molecule has 0 fully saturated rings. The molecule has 1 aliphatic heterocycles. The lowest BCUT2D eigenvalue weighted by molar-refractivity contribution is 0.0937. The average molecular weight is 414 g/mol. The second-order valence-corrected chi connectivity index (χ2v) is 7.94. The number of hydrogen-bond donors (Lipinski definition) is 1. The molecule has 142 valence electrons. The highest BCUT2D eigenvalue weighted by Gasteiger charge is 2.27. The number of ether oxygens (including phenoxy) is 1. The van der Waals surface area contributed by atoms with Gasteiger partial charge in [0.25, 0.3) is 5.91 Å². The lowest BCUT2D eigenvalue weighted by Gasteiger charge is -2.12. The van der Waals surface area contributed by atoms with Crippen LogP contribution in [0, 0.1) is 0 Å². The third-order valence-corrected chi connectivity index (χ3v) is 5.88. The minimum atomic E-state index is -0.217. The molecule has 1 amide bonds. The van der Waals surface area contributed by atoms with Crippen LogP contribution < -0.4 is 10.1 Å². The zero-order valence-corrected chi connectivity index (χ0v) is 16.5. The molecule has 0 spiro atoms. The normalized spacial score (nSPS) is 15.0. The van der Waals surface area contributed by atoms with Crippen LogP contribution in [0.3, 0.4) is 0 Å². The first-order valence-electron chi connectivity index (χ1n) is 8.64. The molecule has 0 saturated heterocycles. The van der Waals surface area contributed by atoms with E-state index in [1.165, 1.54) is 24.6 Å². The molecule has 3 heterocycles. The van der Waals surface area contributed by atoms with Gasteiger partial charge in [0.15, 0.2) is 5.78 Å². The van der Waals surface area contributed by atoms with Crippen molar-refractivity contribution in [3.63, 3.8) is 0 Å². The Morgan fingerprint density at radius 2 is 1.96 bits per heavy atom.